The fraction of sp³-hybridized carbons (Fsp3) is 0.529. The molecule has 2 rings (SSSR count). The highest BCUT2D eigenvalue weighted by Crippen LogP contribution is 2.36. The second-order valence-electron chi connectivity index (χ2n) is 6.24. The fourth-order valence-corrected chi connectivity index (χ4v) is 2.58. The summed E-state index contributed by atoms with van der Waals surface area (Å²) < 4.78 is 0. The fourth-order valence-electron chi connectivity index (χ4n) is 2.58. The van der Waals surface area contributed by atoms with Crippen molar-refractivity contribution in [2.45, 2.75) is 51.5 Å². The summed E-state index contributed by atoms with van der Waals surface area (Å²) in [4.78, 5) is 23.3. The first-order valence-electron chi connectivity index (χ1n) is 7.61. The molecule has 4 heteroatoms. The molecule has 0 unspecified atom stereocenters. The van der Waals surface area contributed by atoms with Gasteiger partial charge in [0.25, 0.3) is 5.91 Å². The highest BCUT2D eigenvalue weighted by molar-refractivity contribution is 5.96. The van der Waals surface area contributed by atoms with Gasteiger partial charge in [-0.3, -0.25) is 4.79 Å². The van der Waals surface area contributed by atoms with Crippen LogP contribution >= 0.6 is 0 Å². The molecule has 2 N–H and O–H groups in total. The van der Waals surface area contributed by atoms with Crippen LogP contribution in [0.5, 0.6) is 0 Å². The average molecular weight is 289 g/mol. The van der Waals surface area contributed by atoms with E-state index in [-0.39, 0.29) is 11.8 Å². The molecule has 1 aromatic rings. The minimum Gasteiger partial charge on any atom is -0.480 e. The van der Waals surface area contributed by atoms with Crippen molar-refractivity contribution < 1.29 is 14.7 Å². The second kappa shape index (κ2) is 6.74. The summed E-state index contributed by atoms with van der Waals surface area (Å²) in [7, 11) is 0. The van der Waals surface area contributed by atoms with Crippen LogP contribution in [-0.4, -0.2) is 23.0 Å². The topological polar surface area (TPSA) is 66.4 Å². The highest BCUT2D eigenvalue weighted by atomic mass is 16.4. The zero-order chi connectivity index (χ0) is 15.4. The summed E-state index contributed by atoms with van der Waals surface area (Å²) in [5, 5.41) is 11.8. The Morgan fingerprint density at radius 3 is 2.29 bits per heavy atom. The third kappa shape index (κ3) is 4.06. The molecule has 21 heavy (non-hydrogen) atoms. The van der Waals surface area contributed by atoms with Crippen molar-refractivity contribution in [1.82, 2.24) is 5.32 Å². The van der Waals surface area contributed by atoms with E-state index in [2.05, 4.69) is 5.32 Å². The molecule has 0 radical (unpaired) electrons. The molecule has 1 saturated carbocycles. The van der Waals surface area contributed by atoms with Crippen LogP contribution in [0.1, 0.15) is 61.4 Å². The molecule has 4 nitrogen and oxygen atoms in total. The number of carbonyl (C=O) groups excluding carboxylic acids is 1. The van der Waals surface area contributed by atoms with Gasteiger partial charge in [0.15, 0.2) is 0 Å². The Morgan fingerprint density at radius 1 is 1.24 bits per heavy atom. The lowest BCUT2D eigenvalue weighted by molar-refractivity contribution is -0.139. The maximum atomic E-state index is 12.1. The van der Waals surface area contributed by atoms with E-state index < -0.39 is 12.0 Å². The minimum atomic E-state index is -0.983. The number of carboxylic acids is 1. The van der Waals surface area contributed by atoms with E-state index in [1.807, 2.05) is 26.0 Å². The molecule has 0 spiro atoms. The van der Waals surface area contributed by atoms with Crippen molar-refractivity contribution in [3.63, 3.8) is 0 Å². The predicted molar refractivity (Wildman–Crippen MR) is 81.4 cm³/mol. The summed E-state index contributed by atoms with van der Waals surface area (Å²) in [5.41, 5.74) is 1.79. The van der Waals surface area contributed by atoms with Crippen LogP contribution in [0.15, 0.2) is 24.3 Å². The minimum absolute atomic E-state index is 0.215. The van der Waals surface area contributed by atoms with Gasteiger partial charge in [-0.05, 0) is 48.8 Å². The van der Waals surface area contributed by atoms with Gasteiger partial charge >= 0.3 is 5.97 Å². The molecule has 1 aliphatic carbocycles. The van der Waals surface area contributed by atoms with Gasteiger partial charge < -0.3 is 10.4 Å². The van der Waals surface area contributed by atoms with Crippen molar-refractivity contribution in [2.24, 2.45) is 5.92 Å². The molecule has 0 bridgehead atoms. The van der Waals surface area contributed by atoms with Gasteiger partial charge in [-0.15, -0.1) is 0 Å². The summed E-state index contributed by atoms with van der Waals surface area (Å²) >= 11 is 0. The van der Waals surface area contributed by atoms with Crippen molar-refractivity contribution in [3.05, 3.63) is 35.4 Å². The van der Waals surface area contributed by atoms with Crippen LogP contribution in [0.2, 0.25) is 0 Å². The van der Waals surface area contributed by atoms with Gasteiger partial charge in [-0.2, -0.15) is 0 Å². The first-order valence-corrected chi connectivity index (χ1v) is 7.61. The molecule has 1 amide bonds. The maximum Gasteiger partial charge on any atom is 0.326 e. The van der Waals surface area contributed by atoms with Crippen molar-refractivity contribution in [2.75, 3.05) is 0 Å². The molecule has 1 atom stereocenters. The molecule has 0 aromatic heterocycles. The third-order valence-corrected chi connectivity index (χ3v) is 4.06. The largest absolute Gasteiger partial charge is 0.480 e. The Kier molecular flexibility index (Phi) is 4.99. The van der Waals surface area contributed by atoms with Crippen LogP contribution < -0.4 is 5.32 Å². The Labute approximate surface area is 125 Å². The quantitative estimate of drug-likeness (QED) is 0.845. The number of carbonyl (C=O) groups is 2. The Bertz CT molecular complexity index is 503. The van der Waals surface area contributed by atoms with Gasteiger partial charge in [0.1, 0.15) is 6.04 Å². The SMILES string of the molecule is CC(C)C[C@@H](NC(=O)c1ccc(C2CCC2)cc1)C(=O)O. The predicted octanol–water partition coefficient (Wildman–Crippen LogP) is 3.18. The Balaban J connectivity index is 1.99. The second-order valence-corrected chi connectivity index (χ2v) is 6.24. The summed E-state index contributed by atoms with van der Waals surface area (Å²) in [6, 6.07) is 6.71. The van der Waals surface area contributed by atoms with E-state index in [9.17, 15) is 9.59 Å². The summed E-state index contributed by atoms with van der Waals surface area (Å²) in [6.45, 7) is 3.88. The lowest BCUT2D eigenvalue weighted by Gasteiger charge is -2.25. The zero-order valence-corrected chi connectivity index (χ0v) is 12.6. The molecule has 1 fully saturated rings. The number of hydrogen-bond acceptors (Lipinski definition) is 2. The number of nitrogens with one attached hydrogen (secondary N) is 1. The normalized spacial score (nSPS) is 16.3. The number of carboxylic acid groups (broad SMARTS) is 1. The highest BCUT2D eigenvalue weighted by Gasteiger charge is 2.22. The van der Waals surface area contributed by atoms with Gasteiger partial charge in [-0.25, -0.2) is 4.79 Å². The van der Waals surface area contributed by atoms with Gasteiger partial charge in [0.05, 0.1) is 0 Å². The summed E-state index contributed by atoms with van der Waals surface area (Å²) in [5.74, 6) is -0.450. The standard InChI is InChI=1S/C17H23NO3/c1-11(2)10-15(17(20)21)18-16(19)14-8-6-13(7-9-14)12-4-3-5-12/h6-9,11-12,15H,3-5,10H2,1-2H3,(H,18,19)(H,20,21)/t15-/m1/s1. The first-order chi connectivity index (χ1) is 9.97. The molecular weight excluding hydrogens is 266 g/mol. The van der Waals surface area contributed by atoms with Crippen LogP contribution in [0.25, 0.3) is 0 Å². The number of rotatable bonds is 6. The van der Waals surface area contributed by atoms with Crippen molar-refractivity contribution >= 4 is 11.9 Å². The molecule has 1 aromatic carbocycles. The van der Waals surface area contributed by atoms with Crippen LogP contribution in [-0.2, 0) is 4.79 Å². The number of hydrogen-bond donors (Lipinski definition) is 2. The zero-order valence-electron chi connectivity index (χ0n) is 12.6. The van der Waals surface area contributed by atoms with Crippen LogP contribution in [0, 0.1) is 5.92 Å². The lowest BCUT2D eigenvalue weighted by Crippen LogP contribution is -2.41. The molecule has 1 aliphatic rings. The monoisotopic (exact) mass is 289 g/mol. The first kappa shape index (κ1) is 15.5. The van der Waals surface area contributed by atoms with E-state index in [0.717, 1.165) is 0 Å². The lowest BCUT2D eigenvalue weighted by atomic mass is 9.80. The third-order valence-electron chi connectivity index (χ3n) is 4.06. The van der Waals surface area contributed by atoms with Crippen molar-refractivity contribution in [1.29, 1.82) is 0 Å². The van der Waals surface area contributed by atoms with E-state index in [0.29, 0.717) is 17.9 Å². The Hall–Kier alpha value is -1.84. The molecule has 0 saturated heterocycles. The van der Waals surface area contributed by atoms with E-state index in [1.165, 1.54) is 24.8 Å². The number of amides is 1. The molecule has 0 aliphatic heterocycles. The van der Waals surface area contributed by atoms with Crippen LogP contribution in [0.3, 0.4) is 0 Å². The molecule has 114 valence electrons. The number of aliphatic carboxylic acids is 1. The van der Waals surface area contributed by atoms with Crippen molar-refractivity contribution in [3.8, 4) is 0 Å². The van der Waals surface area contributed by atoms with Gasteiger partial charge in [-0.1, -0.05) is 32.4 Å². The molecule has 0 heterocycles. The Morgan fingerprint density at radius 2 is 1.86 bits per heavy atom. The summed E-state index contributed by atoms with van der Waals surface area (Å²) in [6.07, 6.45) is 4.16. The van der Waals surface area contributed by atoms with Crippen LogP contribution in [0.4, 0.5) is 0 Å². The number of benzene rings is 1. The van der Waals surface area contributed by atoms with E-state index in [4.69, 9.17) is 5.11 Å². The van der Waals surface area contributed by atoms with E-state index in [1.54, 1.807) is 12.1 Å². The maximum absolute atomic E-state index is 12.1. The smallest absolute Gasteiger partial charge is 0.326 e. The van der Waals surface area contributed by atoms with E-state index >= 15 is 0 Å². The molecular formula is C17H23NO3. The average Bonchev–Trinajstić information content (AvgIpc) is 2.36. The van der Waals surface area contributed by atoms with Gasteiger partial charge in [0.2, 0.25) is 0 Å². The van der Waals surface area contributed by atoms with Gasteiger partial charge in [0, 0.05) is 5.56 Å².